The van der Waals surface area contributed by atoms with Gasteiger partial charge in [0.05, 0.1) is 29.9 Å². The predicted octanol–water partition coefficient (Wildman–Crippen LogP) is 9.94. The van der Waals surface area contributed by atoms with Crippen molar-refractivity contribution in [1.29, 1.82) is 0 Å². The summed E-state index contributed by atoms with van der Waals surface area (Å²) in [4.78, 5) is 23.4. The third kappa shape index (κ3) is 6.69. The molecule has 0 radical (unpaired) electrons. The summed E-state index contributed by atoms with van der Waals surface area (Å²) >= 11 is 0. The van der Waals surface area contributed by atoms with E-state index in [-0.39, 0.29) is 29.6 Å². The summed E-state index contributed by atoms with van der Waals surface area (Å²) < 4.78 is 45.1. The highest BCUT2D eigenvalue weighted by Crippen LogP contribution is 2.40. The molecule has 1 unspecified atom stereocenters. The molecule has 270 valence electrons. The number of nitrogens with one attached hydrogen (secondary N) is 2. The lowest BCUT2D eigenvalue weighted by Crippen LogP contribution is -2.24. The number of ether oxygens (including phenoxy) is 2. The molecule has 8 nitrogen and oxygen atoms in total. The highest BCUT2D eigenvalue weighted by Gasteiger charge is 2.32. The number of nitrogens with zero attached hydrogens (tertiary/aromatic N) is 3. The summed E-state index contributed by atoms with van der Waals surface area (Å²) in [5.41, 5.74) is 5.90. The number of esters is 1. The van der Waals surface area contributed by atoms with E-state index in [4.69, 9.17) is 14.6 Å². The van der Waals surface area contributed by atoms with Gasteiger partial charge in [0.25, 0.3) is 0 Å². The number of aromatic amines is 2. The van der Waals surface area contributed by atoms with Gasteiger partial charge in [0.15, 0.2) is 11.6 Å². The van der Waals surface area contributed by atoms with Gasteiger partial charge in [-0.2, -0.15) is 5.10 Å². The van der Waals surface area contributed by atoms with Crippen molar-refractivity contribution in [3.63, 3.8) is 0 Å². The highest BCUT2D eigenvalue weighted by atomic mass is 19.1. The van der Waals surface area contributed by atoms with E-state index in [0.29, 0.717) is 36.4 Å². The van der Waals surface area contributed by atoms with Crippen LogP contribution in [0.25, 0.3) is 33.2 Å². The molecule has 3 aromatic heterocycles. The Hall–Kier alpha value is -5.77. The highest BCUT2D eigenvalue weighted by molar-refractivity contribution is 5.87. The number of aryl methyl sites for hydroxylation is 2. The van der Waals surface area contributed by atoms with E-state index >= 15 is 8.78 Å². The fourth-order valence-electron chi connectivity index (χ4n) is 7.68. The lowest BCUT2D eigenvalue weighted by molar-refractivity contribution is -0.143. The van der Waals surface area contributed by atoms with Crippen LogP contribution in [0.15, 0.2) is 91.3 Å². The molecular weight excluding hydrogens is 673 g/mol. The number of aromatic nitrogens is 5. The molecule has 0 spiro atoms. The van der Waals surface area contributed by atoms with Gasteiger partial charge in [0, 0.05) is 57.8 Å². The molecule has 0 saturated heterocycles. The van der Waals surface area contributed by atoms with Crippen LogP contribution in [0, 0.1) is 11.6 Å². The Morgan fingerprint density at radius 2 is 1.87 bits per heavy atom. The normalized spacial score (nSPS) is 16.4. The average Bonchev–Trinajstić information content (AvgIpc) is 3.92. The maximum Gasteiger partial charge on any atom is 0.306 e. The van der Waals surface area contributed by atoms with Crippen molar-refractivity contribution in [3.05, 3.63) is 131 Å². The molecule has 4 heterocycles. The molecule has 0 fully saturated rings. The molecule has 6 bridgehead atoms. The van der Waals surface area contributed by atoms with E-state index in [0.717, 1.165) is 70.9 Å². The van der Waals surface area contributed by atoms with Crippen LogP contribution >= 0.6 is 0 Å². The van der Waals surface area contributed by atoms with E-state index in [1.54, 1.807) is 18.5 Å². The SMILES string of the molecule is CCOC(=O)CCc1cccc(C2(C)CCCCCc3nn(c4ccccc34)Cc3c(c(F)cc4[nH]ccc34)Oc3ccc(F)c(c3)-c3ncc2[nH]3)c1. The minimum Gasteiger partial charge on any atom is -0.466 e. The summed E-state index contributed by atoms with van der Waals surface area (Å²) in [6.45, 7) is 4.62. The zero-order valence-electron chi connectivity index (χ0n) is 29.8. The van der Waals surface area contributed by atoms with Gasteiger partial charge in [-0.1, -0.05) is 55.3 Å². The molecule has 0 aliphatic carbocycles. The number of hydrogen-bond acceptors (Lipinski definition) is 5. The van der Waals surface area contributed by atoms with Crippen LogP contribution in [-0.2, 0) is 34.3 Å². The van der Waals surface area contributed by atoms with Crippen LogP contribution in [0.1, 0.15) is 74.0 Å². The van der Waals surface area contributed by atoms with Crippen LogP contribution in [-0.4, -0.2) is 37.3 Å². The van der Waals surface area contributed by atoms with Gasteiger partial charge in [0.1, 0.15) is 17.4 Å². The Balaban J connectivity index is 1.22. The Kier molecular flexibility index (Phi) is 9.28. The predicted molar refractivity (Wildman–Crippen MR) is 201 cm³/mol. The fraction of sp³-hybridized carbons (Fsp3) is 0.279. The summed E-state index contributed by atoms with van der Waals surface area (Å²) in [6.07, 6.45) is 8.83. The van der Waals surface area contributed by atoms with Crippen LogP contribution in [0.5, 0.6) is 11.5 Å². The van der Waals surface area contributed by atoms with Crippen LogP contribution in [0.3, 0.4) is 0 Å². The van der Waals surface area contributed by atoms with Crippen LogP contribution in [0.2, 0.25) is 0 Å². The minimum atomic E-state index is -0.538. The topological polar surface area (TPSA) is 97.8 Å². The quantitative estimate of drug-likeness (QED) is 0.173. The van der Waals surface area contributed by atoms with Crippen molar-refractivity contribution in [2.45, 2.75) is 70.8 Å². The number of carbonyl (C=O) groups is 1. The Morgan fingerprint density at radius 1 is 0.981 bits per heavy atom. The summed E-state index contributed by atoms with van der Waals surface area (Å²) in [6, 6.07) is 24.2. The smallest absolute Gasteiger partial charge is 0.306 e. The van der Waals surface area contributed by atoms with Gasteiger partial charge in [-0.3, -0.25) is 9.48 Å². The Labute approximate surface area is 306 Å². The average molecular weight is 714 g/mol. The van der Waals surface area contributed by atoms with E-state index < -0.39 is 17.0 Å². The second-order valence-corrected chi connectivity index (χ2v) is 14.0. The summed E-state index contributed by atoms with van der Waals surface area (Å²) in [5.74, 6) is -0.556. The van der Waals surface area contributed by atoms with Crippen molar-refractivity contribution >= 4 is 27.8 Å². The van der Waals surface area contributed by atoms with E-state index in [2.05, 4.69) is 40.1 Å². The molecule has 7 aromatic rings. The number of halogens is 2. The molecule has 8 rings (SSSR count). The number of carbonyl (C=O) groups excluding carboxylic acids is 1. The Morgan fingerprint density at radius 3 is 2.75 bits per heavy atom. The van der Waals surface area contributed by atoms with Crippen molar-refractivity contribution in [2.24, 2.45) is 0 Å². The standard InChI is InChI=1S/C43H41F2N5O3/c1-3-52-40(51)18-15-27-10-9-11-28(22-27)43(2)20-8-4-5-13-36-31-12-6-7-14-38(31)50(49-36)26-33-30-19-21-46-37(30)24-35(45)41(33)53-29-16-17-34(44)32(23-29)42-47-25-39(43)48-42/h6-7,9-12,14,16-17,19,21-25,46H,3-5,8,13,15,18,20,26H2,1-2H3,(H,47,48). The van der Waals surface area contributed by atoms with Crippen LogP contribution < -0.4 is 4.74 Å². The first-order valence-electron chi connectivity index (χ1n) is 18.3. The number of rotatable bonds is 5. The van der Waals surface area contributed by atoms with Gasteiger partial charge >= 0.3 is 5.97 Å². The summed E-state index contributed by atoms with van der Waals surface area (Å²) in [7, 11) is 0. The van der Waals surface area contributed by atoms with Crippen LogP contribution in [0.4, 0.5) is 8.78 Å². The molecule has 4 aromatic carbocycles. The monoisotopic (exact) mass is 713 g/mol. The third-order valence-corrected chi connectivity index (χ3v) is 10.6. The molecule has 1 atom stereocenters. The van der Waals surface area contributed by atoms with E-state index in [1.807, 2.05) is 48.0 Å². The van der Waals surface area contributed by atoms with E-state index in [1.165, 1.54) is 18.2 Å². The first-order chi connectivity index (χ1) is 25.8. The largest absolute Gasteiger partial charge is 0.466 e. The van der Waals surface area contributed by atoms with E-state index in [9.17, 15) is 4.79 Å². The van der Waals surface area contributed by atoms with Gasteiger partial charge in [-0.15, -0.1) is 0 Å². The molecule has 0 amide bonds. The second-order valence-electron chi connectivity index (χ2n) is 14.0. The second kappa shape index (κ2) is 14.3. The number of hydrogen-bond donors (Lipinski definition) is 2. The zero-order chi connectivity index (χ0) is 36.5. The number of H-pyrrole nitrogens is 2. The van der Waals surface area contributed by atoms with Crippen molar-refractivity contribution in [2.75, 3.05) is 6.61 Å². The maximum absolute atomic E-state index is 16.0. The van der Waals surface area contributed by atoms with Gasteiger partial charge in [0.2, 0.25) is 0 Å². The van der Waals surface area contributed by atoms with Gasteiger partial charge < -0.3 is 19.4 Å². The van der Waals surface area contributed by atoms with Gasteiger partial charge in [-0.25, -0.2) is 13.8 Å². The first-order valence-corrected chi connectivity index (χ1v) is 18.3. The summed E-state index contributed by atoms with van der Waals surface area (Å²) in [5, 5.41) is 6.98. The lowest BCUT2D eigenvalue weighted by atomic mass is 9.75. The minimum absolute atomic E-state index is 0.0595. The molecule has 53 heavy (non-hydrogen) atoms. The maximum atomic E-state index is 16.0. The zero-order valence-corrected chi connectivity index (χ0v) is 29.8. The molecule has 2 N–H and O–H groups in total. The first kappa shape index (κ1) is 34.3. The fourth-order valence-corrected chi connectivity index (χ4v) is 7.68. The number of imidazole rings is 1. The van der Waals surface area contributed by atoms with Crippen molar-refractivity contribution in [1.82, 2.24) is 24.7 Å². The Bertz CT molecular complexity index is 2450. The number of para-hydroxylation sites is 1. The third-order valence-electron chi connectivity index (χ3n) is 10.6. The number of fused-ring (bicyclic) bond motifs is 13. The van der Waals surface area contributed by atoms with Crippen molar-refractivity contribution in [3.8, 4) is 22.9 Å². The van der Waals surface area contributed by atoms with Crippen molar-refractivity contribution < 1.29 is 23.0 Å². The molecule has 1 aliphatic rings. The lowest BCUT2D eigenvalue weighted by Gasteiger charge is -2.30. The van der Waals surface area contributed by atoms with Gasteiger partial charge in [-0.05, 0) is 81.0 Å². The number of benzene rings is 4. The molecule has 10 heteroatoms. The molecule has 1 aliphatic heterocycles. The molecule has 0 saturated carbocycles. The molecular formula is C43H41F2N5O3.